The highest BCUT2D eigenvalue weighted by Gasteiger charge is 2.44. The summed E-state index contributed by atoms with van der Waals surface area (Å²) in [7, 11) is 0. The Kier molecular flexibility index (Phi) is 4.69. The lowest BCUT2D eigenvalue weighted by atomic mass is 9.76. The van der Waals surface area contributed by atoms with Gasteiger partial charge in [0, 0.05) is 20.9 Å². The van der Waals surface area contributed by atoms with Gasteiger partial charge in [-0.15, -0.1) is 0 Å². The Bertz CT molecular complexity index is 1200. The molecular formula is C24H27N5O4. The van der Waals surface area contributed by atoms with Gasteiger partial charge in [-0.3, -0.25) is 9.69 Å². The predicted octanol–water partition coefficient (Wildman–Crippen LogP) is 2.64. The number of ether oxygens (including phenoxy) is 2. The number of pyridine rings is 1. The second-order valence-corrected chi connectivity index (χ2v) is 9.14. The molecule has 1 aromatic carbocycles. The molecule has 3 heterocycles. The zero-order chi connectivity index (χ0) is 22.5. The van der Waals surface area contributed by atoms with E-state index in [2.05, 4.69) is 27.8 Å². The lowest BCUT2D eigenvalue weighted by Crippen LogP contribution is -2.50. The third kappa shape index (κ3) is 3.56. The number of cyclic esters (lactones) is 1. The number of fused-ring (bicyclic) bond motifs is 2. The summed E-state index contributed by atoms with van der Waals surface area (Å²) in [6.07, 6.45) is 3.14. The highest BCUT2D eigenvalue weighted by atomic mass is 16.6. The maximum atomic E-state index is 12.5. The molecule has 2 fully saturated rings. The molecule has 2 atom stereocenters. The summed E-state index contributed by atoms with van der Waals surface area (Å²) in [5.41, 5.74) is 3.22. The number of carbonyl (C=O) groups is 2. The van der Waals surface area contributed by atoms with Gasteiger partial charge in [0.1, 0.15) is 11.9 Å². The fraction of sp³-hybridized carbons (Fsp3) is 0.417. The minimum Gasteiger partial charge on any atom is -0.480 e. The van der Waals surface area contributed by atoms with Gasteiger partial charge in [0.2, 0.25) is 0 Å². The van der Waals surface area contributed by atoms with Crippen molar-refractivity contribution in [3.8, 4) is 11.8 Å². The molecule has 6 rings (SSSR count). The minimum absolute atomic E-state index is 0. The molecule has 33 heavy (non-hydrogen) atoms. The number of nitriles is 1. The molecule has 0 spiro atoms. The van der Waals surface area contributed by atoms with Gasteiger partial charge < -0.3 is 20.1 Å². The molecule has 0 bridgehead atoms. The van der Waals surface area contributed by atoms with E-state index in [1.807, 2.05) is 12.1 Å². The number of nitrogens with zero attached hydrogens (tertiary/aromatic N) is 3. The van der Waals surface area contributed by atoms with E-state index < -0.39 is 6.09 Å². The van der Waals surface area contributed by atoms with Crippen LogP contribution in [0.1, 0.15) is 32.4 Å². The van der Waals surface area contributed by atoms with Crippen LogP contribution in [0.5, 0.6) is 5.75 Å². The number of aromatic nitrogens is 1. The third-order valence-corrected chi connectivity index (χ3v) is 7.05. The van der Waals surface area contributed by atoms with Gasteiger partial charge in [-0.05, 0) is 55.0 Å². The van der Waals surface area contributed by atoms with Crippen molar-refractivity contribution in [2.75, 3.05) is 23.4 Å². The summed E-state index contributed by atoms with van der Waals surface area (Å²) in [4.78, 5) is 30.0. The number of hydrogen-bond acceptors (Lipinski definition) is 7. The zero-order valence-electron chi connectivity index (χ0n) is 17.9. The quantitative estimate of drug-likeness (QED) is 0.737. The van der Waals surface area contributed by atoms with Crippen molar-refractivity contribution in [3.05, 3.63) is 47.0 Å². The summed E-state index contributed by atoms with van der Waals surface area (Å²) in [6.45, 7) is 0.405. The maximum absolute atomic E-state index is 12.5. The van der Waals surface area contributed by atoms with E-state index in [1.165, 1.54) is 16.0 Å². The van der Waals surface area contributed by atoms with Crippen molar-refractivity contribution < 1.29 is 21.9 Å². The van der Waals surface area contributed by atoms with Gasteiger partial charge in [-0.2, -0.15) is 5.26 Å². The van der Waals surface area contributed by atoms with Gasteiger partial charge in [0.25, 0.3) is 5.91 Å². The number of hydrogen-bond donors (Lipinski definition) is 2. The molecule has 4 aliphatic rings. The van der Waals surface area contributed by atoms with E-state index in [1.54, 1.807) is 12.1 Å². The SMILES string of the molecule is N#Cc1cccc2c1CC(NC1CC(C3CN(c4ccc5c(n4)NC(=O)CO5)C(=O)O3)C1)C2.[HH].[HH]. The van der Waals surface area contributed by atoms with Gasteiger partial charge in [-0.1, -0.05) is 12.1 Å². The van der Waals surface area contributed by atoms with Gasteiger partial charge in [0.05, 0.1) is 18.2 Å². The van der Waals surface area contributed by atoms with Gasteiger partial charge in [-0.25, -0.2) is 9.78 Å². The van der Waals surface area contributed by atoms with Gasteiger partial charge in [0.15, 0.2) is 18.2 Å². The first-order valence-corrected chi connectivity index (χ1v) is 11.3. The van der Waals surface area contributed by atoms with E-state index in [0.29, 0.717) is 41.9 Å². The average Bonchev–Trinajstić information content (AvgIpc) is 3.38. The van der Waals surface area contributed by atoms with E-state index >= 15 is 0 Å². The molecule has 2 aromatic rings. The standard InChI is InChI=1S/C24H23N5O4.2H2/c25-10-14-3-1-2-13-6-17(9-18(13)14)26-16-7-15(8-16)20-11-29(24(31)33-20)21-5-4-19-23(27-21)28-22(30)12-32-19;;/h1-5,15-17,20,26H,6-9,11-12H2,(H,27,28,30);2*1H. The summed E-state index contributed by atoms with van der Waals surface area (Å²) >= 11 is 0. The minimum atomic E-state index is -0.415. The first-order valence-electron chi connectivity index (χ1n) is 11.3. The Hall–Kier alpha value is -3.64. The molecule has 2 aliphatic carbocycles. The first kappa shape index (κ1) is 20.0. The van der Waals surface area contributed by atoms with Crippen LogP contribution < -0.4 is 20.3 Å². The first-order chi connectivity index (χ1) is 16.1. The van der Waals surface area contributed by atoms with Crippen LogP contribution in [0.25, 0.3) is 0 Å². The van der Waals surface area contributed by atoms with Crippen molar-refractivity contribution in [1.82, 2.24) is 10.3 Å². The second-order valence-electron chi connectivity index (χ2n) is 9.14. The molecule has 2 amide bonds. The molecule has 2 aliphatic heterocycles. The number of anilines is 2. The van der Waals surface area contributed by atoms with Crippen molar-refractivity contribution in [3.63, 3.8) is 0 Å². The molecule has 172 valence electrons. The fourth-order valence-corrected chi connectivity index (χ4v) is 5.33. The molecule has 1 saturated heterocycles. The molecule has 2 N–H and O–H groups in total. The Labute approximate surface area is 193 Å². The monoisotopic (exact) mass is 449 g/mol. The highest BCUT2D eigenvalue weighted by molar-refractivity contribution is 5.95. The number of benzene rings is 1. The summed E-state index contributed by atoms with van der Waals surface area (Å²) in [6, 6.07) is 12.4. The smallest absolute Gasteiger partial charge is 0.415 e. The Balaban J connectivity index is 0.00000144. The van der Waals surface area contributed by atoms with Crippen LogP contribution in [0.4, 0.5) is 16.4 Å². The summed E-state index contributed by atoms with van der Waals surface area (Å²) < 4.78 is 11.0. The lowest BCUT2D eigenvalue weighted by Gasteiger charge is -2.39. The molecule has 0 radical (unpaired) electrons. The Morgan fingerprint density at radius 2 is 2.06 bits per heavy atom. The number of carbonyl (C=O) groups excluding carboxylic acids is 2. The van der Waals surface area contributed by atoms with Crippen molar-refractivity contribution in [1.29, 1.82) is 5.26 Å². The van der Waals surface area contributed by atoms with Gasteiger partial charge >= 0.3 is 6.09 Å². The average molecular weight is 450 g/mol. The van der Waals surface area contributed by atoms with E-state index in [9.17, 15) is 14.9 Å². The van der Waals surface area contributed by atoms with Crippen molar-refractivity contribution in [2.24, 2.45) is 5.92 Å². The zero-order valence-corrected chi connectivity index (χ0v) is 17.9. The molecule has 2 unspecified atom stereocenters. The lowest BCUT2D eigenvalue weighted by molar-refractivity contribution is -0.118. The van der Waals surface area contributed by atoms with Crippen LogP contribution in [-0.4, -0.2) is 48.3 Å². The van der Waals surface area contributed by atoms with Crippen LogP contribution >= 0.6 is 0 Å². The fourth-order valence-electron chi connectivity index (χ4n) is 5.33. The van der Waals surface area contributed by atoms with Crippen LogP contribution in [0.15, 0.2) is 30.3 Å². The van der Waals surface area contributed by atoms with Crippen LogP contribution in [0.3, 0.4) is 0 Å². The van der Waals surface area contributed by atoms with E-state index in [4.69, 9.17) is 9.47 Å². The Morgan fingerprint density at radius 1 is 1.18 bits per heavy atom. The molecule has 1 aromatic heterocycles. The predicted molar refractivity (Wildman–Crippen MR) is 122 cm³/mol. The third-order valence-electron chi connectivity index (χ3n) is 7.05. The second kappa shape index (κ2) is 7.74. The molecule has 9 heteroatoms. The molecular weight excluding hydrogens is 422 g/mol. The van der Waals surface area contributed by atoms with Crippen LogP contribution in [-0.2, 0) is 22.4 Å². The van der Waals surface area contributed by atoms with E-state index in [-0.39, 0.29) is 21.5 Å². The highest BCUT2D eigenvalue weighted by Crippen LogP contribution is 2.38. The van der Waals surface area contributed by atoms with Crippen LogP contribution in [0.2, 0.25) is 0 Å². The molecule has 1 saturated carbocycles. The summed E-state index contributed by atoms with van der Waals surface area (Å²) in [5.74, 6) is 1.29. The number of amides is 2. The topological polar surface area (TPSA) is 117 Å². The van der Waals surface area contributed by atoms with Crippen molar-refractivity contribution >= 4 is 23.6 Å². The summed E-state index contributed by atoms with van der Waals surface area (Å²) in [5, 5.41) is 15.7. The van der Waals surface area contributed by atoms with Crippen molar-refractivity contribution in [2.45, 2.75) is 43.9 Å². The largest absolute Gasteiger partial charge is 0.480 e. The van der Waals surface area contributed by atoms with E-state index in [0.717, 1.165) is 31.2 Å². The maximum Gasteiger partial charge on any atom is 0.415 e. The normalized spacial score (nSPS) is 27.5. The van der Waals surface area contributed by atoms with Crippen LogP contribution in [0, 0.1) is 17.2 Å². The number of rotatable bonds is 4. The Morgan fingerprint density at radius 3 is 2.91 bits per heavy atom. The number of nitrogens with one attached hydrogen (secondary N) is 2. The molecule has 9 nitrogen and oxygen atoms in total.